The van der Waals surface area contributed by atoms with E-state index < -0.39 is 0 Å². The van der Waals surface area contributed by atoms with E-state index in [1.807, 2.05) is 0 Å². The molecule has 0 aromatic rings. The highest BCUT2D eigenvalue weighted by Gasteiger charge is 2.34. The van der Waals surface area contributed by atoms with E-state index in [9.17, 15) is 0 Å². The molecule has 0 aromatic heterocycles. The maximum atomic E-state index is 5.12. The summed E-state index contributed by atoms with van der Waals surface area (Å²) in [5.41, 5.74) is 0.474. The zero-order chi connectivity index (χ0) is 9.90. The molecule has 0 heterocycles. The van der Waals surface area contributed by atoms with Gasteiger partial charge in [0.25, 0.3) is 0 Å². The molecule has 2 atom stereocenters. The van der Waals surface area contributed by atoms with Crippen LogP contribution in [-0.2, 0) is 4.74 Å². The van der Waals surface area contributed by atoms with Crippen molar-refractivity contribution in [1.29, 1.82) is 0 Å². The van der Waals surface area contributed by atoms with Crippen molar-refractivity contribution in [1.82, 2.24) is 5.32 Å². The third-order valence-corrected chi connectivity index (χ3v) is 3.16. The van der Waals surface area contributed by atoms with Gasteiger partial charge >= 0.3 is 0 Å². The SMILES string of the molecule is COCC(C)NC1CCCC1(C)C. The molecule has 1 N–H and O–H groups in total. The van der Waals surface area contributed by atoms with Gasteiger partial charge in [0.1, 0.15) is 0 Å². The van der Waals surface area contributed by atoms with Crippen LogP contribution in [0.5, 0.6) is 0 Å². The molecule has 1 fully saturated rings. The van der Waals surface area contributed by atoms with Crippen molar-refractivity contribution in [2.24, 2.45) is 5.41 Å². The number of hydrogen-bond acceptors (Lipinski definition) is 2. The minimum Gasteiger partial charge on any atom is -0.383 e. The van der Waals surface area contributed by atoms with Crippen molar-refractivity contribution < 1.29 is 4.74 Å². The maximum Gasteiger partial charge on any atom is 0.0613 e. The predicted octanol–water partition coefficient (Wildman–Crippen LogP) is 2.19. The van der Waals surface area contributed by atoms with E-state index in [2.05, 4.69) is 26.1 Å². The third kappa shape index (κ3) is 2.96. The number of rotatable bonds is 4. The van der Waals surface area contributed by atoms with E-state index in [0.717, 1.165) is 6.61 Å². The first-order chi connectivity index (χ1) is 6.06. The summed E-state index contributed by atoms with van der Waals surface area (Å²) in [7, 11) is 1.76. The largest absolute Gasteiger partial charge is 0.383 e. The molecule has 0 spiro atoms. The van der Waals surface area contributed by atoms with E-state index in [4.69, 9.17) is 4.74 Å². The number of nitrogens with one attached hydrogen (secondary N) is 1. The Morgan fingerprint density at radius 1 is 1.54 bits per heavy atom. The highest BCUT2D eigenvalue weighted by Crippen LogP contribution is 2.37. The lowest BCUT2D eigenvalue weighted by atomic mass is 9.87. The van der Waals surface area contributed by atoms with Crippen LogP contribution >= 0.6 is 0 Å². The van der Waals surface area contributed by atoms with E-state index in [1.165, 1.54) is 19.3 Å². The second-order valence-corrected chi connectivity index (χ2v) is 4.96. The standard InChI is InChI=1S/C11H23NO/c1-9(8-13-4)12-10-6-5-7-11(10,2)3/h9-10,12H,5-8H2,1-4H3. The van der Waals surface area contributed by atoms with Gasteiger partial charge in [0.2, 0.25) is 0 Å². The minimum absolute atomic E-state index is 0.474. The van der Waals surface area contributed by atoms with Gasteiger partial charge in [-0.25, -0.2) is 0 Å². The molecule has 0 amide bonds. The fourth-order valence-electron chi connectivity index (χ4n) is 2.28. The fraction of sp³-hybridized carbons (Fsp3) is 1.00. The highest BCUT2D eigenvalue weighted by molar-refractivity contribution is 4.91. The molecule has 2 heteroatoms. The van der Waals surface area contributed by atoms with E-state index in [-0.39, 0.29) is 0 Å². The first kappa shape index (κ1) is 11.0. The third-order valence-electron chi connectivity index (χ3n) is 3.16. The molecule has 0 aromatic carbocycles. The lowest BCUT2D eigenvalue weighted by molar-refractivity contribution is 0.153. The summed E-state index contributed by atoms with van der Waals surface area (Å²) in [6, 6.07) is 1.16. The molecule has 2 nitrogen and oxygen atoms in total. The lowest BCUT2D eigenvalue weighted by Gasteiger charge is -2.30. The van der Waals surface area contributed by atoms with Crippen LogP contribution in [0.4, 0.5) is 0 Å². The van der Waals surface area contributed by atoms with Crippen LogP contribution in [0.1, 0.15) is 40.0 Å². The Morgan fingerprint density at radius 3 is 2.69 bits per heavy atom. The Morgan fingerprint density at radius 2 is 2.23 bits per heavy atom. The average molecular weight is 185 g/mol. The lowest BCUT2D eigenvalue weighted by Crippen LogP contribution is -2.44. The molecule has 0 saturated heterocycles. The van der Waals surface area contributed by atoms with Gasteiger partial charge in [0.05, 0.1) is 6.61 Å². The molecule has 13 heavy (non-hydrogen) atoms. The number of ether oxygens (including phenoxy) is 1. The van der Waals surface area contributed by atoms with E-state index in [1.54, 1.807) is 7.11 Å². The Bertz CT molecular complexity index is 156. The molecule has 1 rings (SSSR count). The summed E-state index contributed by atoms with van der Waals surface area (Å²) in [5.74, 6) is 0. The Labute approximate surface area is 82.0 Å². The molecule has 1 aliphatic carbocycles. The van der Waals surface area contributed by atoms with Crippen LogP contribution in [0, 0.1) is 5.41 Å². The van der Waals surface area contributed by atoms with Gasteiger partial charge in [0.15, 0.2) is 0 Å². The van der Waals surface area contributed by atoms with Crippen molar-refractivity contribution in [2.45, 2.75) is 52.1 Å². The van der Waals surface area contributed by atoms with Crippen molar-refractivity contribution in [3.8, 4) is 0 Å². The average Bonchev–Trinajstić information content (AvgIpc) is 2.31. The second-order valence-electron chi connectivity index (χ2n) is 4.96. The summed E-state index contributed by atoms with van der Waals surface area (Å²) in [6.45, 7) is 7.72. The van der Waals surface area contributed by atoms with Crippen molar-refractivity contribution >= 4 is 0 Å². The van der Waals surface area contributed by atoms with Crippen LogP contribution in [0.15, 0.2) is 0 Å². The molecular weight excluding hydrogens is 162 g/mol. The quantitative estimate of drug-likeness (QED) is 0.725. The Kier molecular flexibility index (Phi) is 3.74. The first-order valence-corrected chi connectivity index (χ1v) is 5.31. The zero-order valence-corrected chi connectivity index (χ0v) is 9.39. The molecule has 78 valence electrons. The first-order valence-electron chi connectivity index (χ1n) is 5.31. The Hall–Kier alpha value is -0.0800. The topological polar surface area (TPSA) is 21.3 Å². The second kappa shape index (κ2) is 4.43. The summed E-state index contributed by atoms with van der Waals surface area (Å²) in [5, 5.41) is 3.64. The van der Waals surface area contributed by atoms with Gasteiger partial charge in [-0.15, -0.1) is 0 Å². The smallest absolute Gasteiger partial charge is 0.0613 e. The van der Waals surface area contributed by atoms with Gasteiger partial charge in [-0.2, -0.15) is 0 Å². The number of hydrogen-bond donors (Lipinski definition) is 1. The van der Waals surface area contributed by atoms with Crippen LogP contribution in [-0.4, -0.2) is 25.8 Å². The van der Waals surface area contributed by atoms with E-state index >= 15 is 0 Å². The molecule has 1 saturated carbocycles. The van der Waals surface area contributed by atoms with Gasteiger partial charge < -0.3 is 10.1 Å². The monoisotopic (exact) mass is 185 g/mol. The number of methoxy groups -OCH3 is 1. The van der Waals surface area contributed by atoms with Crippen LogP contribution in [0.3, 0.4) is 0 Å². The predicted molar refractivity (Wildman–Crippen MR) is 55.9 cm³/mol. The van der Waals surface area contributed by atoms with Crippen molar-refractivity contribution in [2.75, 3.05) is 13.7 Å². The summed E-state index contributed by atoms with van der Waals surface area (Å²) in [4.78, 5) is 0. The highest BCUT2D eigenvalue weighted by atomic mass is 16.5. The van der Waals surface area contributed by atoms with Gasteiger partial charge in [-0.3, -0.25) is 0 Å². The van der Waals surface area contributed by atoms with Crippen LogP contribution in [0.2, 0.25) is 0 Å². The minimum atomic E-state index is 0.474. The molecule has 0 radical (unpaired) electrons. The van der Waals surface area contributed by atoms with Crippen LogP contribution < -0.4 is 5.32 Å². The van der Waals surface area contributed by atoms with Gasteiger partial charge in [0, 0.05) is 19.2 Å². The zero-order valence-electron chi connectivity index (χ0n) is 9.39. The van der Waals surface area contributed by atoms with Gasteiger partial charge in [-0.1, -0.05) is 20.3 Å². The molecule has 2 unspecified atom stereocenters. The summed E-state index contributed by atoms with van der Waals surface area (Å²) >= 11 is 0. The maximum absolute atomic E-state index is 5.12. The van der Waals surface area contributed by atoms with Crippen molar-refractivity contribution in [3.63, 3.8) is 0 Å². The molecule has 0 aliphatic heterocycles. The fourth-order valence-corrected chi connectivity index (χ4v) is 2.28. The van der Waals surface area contributed by atoms with Crippen molar-refractivity contribution in [3.05, 3.63) is 0 Å². The van der Waals surface area contributed by atoms with Crippen LogP contribution in [0.25, 0.3) is 0 Å². The van der Waals surface area contributed by atoms with Gasteiger partial charge in [-0.05, 0) is 25.2 Å². The van der Waals surface area contributed by atoms with E-state index in [0.29, 0.717) is 17.5 Å². The molecular formula is C11H23NO. The Balaban J connectivity index is 2.35. The molecule has 0 bridgehead atoms. The summed E-state index contributed by atoms with van der Waals surface area (Å²) < 4.78 is 5.12. The summed E-state index contributed by atoms with van der Waals surface area (Å²) in [6.07, 6.45) is 4.04. The normalized spacial score (nSPS) is 29.1. The molecule has 1 aliphatic rings.